The van der Waals surface area contributed by atoms with Crippen LogP contribution >= 0.6 is 48.0 Å². The van der Waals surface area contributed by atoms with Crippen LogP contribution in [-0.4, -0.2) is 43.0 Å². The first-order valence-corrected chi connectivity index (χ1v) is 6.57. The molecule has 5 N–H and O–H groups in total. The summed E-state index contributed by atoms with van der Waals surface area (Å²) in [6.45, 7) is 0.550. The van der Waals surface area contributed by atoms with Gasteiger partial charge in [0.15, 0.2) is 0 Å². The number of anilines is 1. The number of rotatable bonds is 7. The summed E-state index contributed by atoms with van der Waals surface area (Å²) in [7, 11) is 0. The Morgan fingerprint density at radius 3 is 2.41 bits per heavy atom. The molecule has 0 fully saturated rings. The van der Waals surface area contributed by atoms with E-state index in [-0.39, 0.29) is 49.7 Å². The molecule has 0 atom stereocenters. The van der Waals surface area contributed by atoms with E-state index >= 15 is 0 Å². The van der Waals surface area contributed by atoms with Gasteiger partial charge in [-0.05, 0) is 6.07 Å². The Labute approximate surface area is 150 Å². The molecule has 126 valence electrons. The van der Waals surface area contributed by atoms with Crippen molar-refractivity contribution in [1.82, 2.24) is 15.6 Å². The quantitative estimate of drug-likeness (QED) is 0.514. The maximum atomic E-state index is 11.3. The smallest absolute Gasteiger partial charge is 0.239 e. The number of hydrogen-bond donors (Lipinski definition) is 4. The highest BCUT2D eigenvalue weighted by atomic mass is 35.5. The van der Waals surface area contributed by atoms with E-state index in [2.05, 4.69) is 20.9 Å². The largest absolute Gasteiger partial charge is 0.367 e. The van der Waals surface area contributed by atoms with Crippen molar-refractivity contribution in [3.8, 4) is 0 Å². The Bertz CT molecular complexity index is 490. The van der Waals surface area contributed by atoms with E-state index in [9.17, 15) is 9.59 Å². The normalized spacial score (nSPS) is 9.05. The lowest BCUT2D eigenvalue weighted by Crippen LogP contribution is -2.40. The zero-order valence-corrected chi connectivity index (χ0v) is 14.5. The standard InChI is InChI=1S/C11H15Cl2N5O2.2ClH/c12-7-3-8(13)11(18-5-7)16-2-1-15-10(20)6-17-9(19)4-14;;/h3,5H,1-2,4,6,14H2,(H,15,20)(H,16,18)(H,17,19);2*1H. The topological polar surface area (TPSA) is 109 Å². The lowest BCUT2D eigenvalue weighted by Gasteiger charge is -2.09. The summed E-state index contributed by atoms with van der Waals surface area (Å²) in [4.78, 5) is 26.2. The fourth-order valence-corrected chi connectivity index (χ4v) is 1.69. The highest BCUT2D eigenvalue weighted by Crippen LogP contribution is 2.21. The van der Waals surface area contributed by atoms with E-state index in [1.807, 2.05) is 0 Å². The van der Waals surface area contributed by atoms with Gasteiger partial charge in [-0.3, -0.25) is 9.59 Å². The second-order valence-corrected chi connectivity index (χ2v) is 4.59. The van der Waals surface area contributed by atoms with Crippen LogP contribution in [0.25, 0.3) is 0 Å². The number of halogens is 4. The number of nitrogens with zero attached hydrogens (tertiary/aromatic N) is 1. The second kappa shape index (κ2) is 12.5. The number of pyridine rings is 1. The van der Waals surface area contributed by atoms with Crippen molar-refractivity contribution in [1.29, 1.82) is 0 Å². The van der Waals surface area contributed by atoms with Crippen molar-refractivity contribution in [3.63, 3.8) is 0 Å². The molecule has 0 aromatic carbocycles. The van der Waals surface area contributed by atoms with Crippen LogP contribution in [0.5, 0.6) is 0 Å². The number of nitrogens with two attached hydrogens (primary N) is 1. The molecule has 0 aliphatic carbocycles. The number of aromatic nitrogens is 1. The molecule has 1 aromatic heterocycles. The van der Waals surface area contributed by atoms with Crippen molar-refractivity contribution in [2.75, 3.05) is 31.5 Å². The molecule has 0 aliphatic heterocycles. The van der Waals surface area contributed by atoms with E-state index < -0.39 is 0 Å². The summed E-state index contributed by atoms with van der Waals surface area (Å²) in [5, 5.41) is 8.77. The second-order valence-electron chi connectivity index (χ2n) is 3.74. The molecule has 0 aliphatic rings. The van der Waals surface area contributed by atoms with E-state index in [0.717, 1.165) is 0 Å². The van der Waals surface area contributed by atoms with Gasteiger partial charge in [0.05, 0.1) is 23.1 Å². The predicted octanol–water partition coefficient (Wildman–Crippen LogP) is 0.835. The lowest BCUT2D eigenvalue weighted by atomic mass is 10.4. The molecule has 0 spiro atoms. The van der Waals surface area contributed by atoms with E-state index in [1.54, 1.807) is 6.07 Å². The Balaban J connectivity index is 0. The minimum Gasteiger partial charge on any atom is -0.367 e. The van der Waals surface area contributed by atoms with E-state index in [1.165, 1.54) is 6.20 Å². The zero-order valence-electron chi connectivity index (χ0n) is 11.4. The monoisotopic (exact) mass is 391 g/mol. The molecule has 22 heavy (non-hydrogen) atoms. The van der Waals surface area contributed by atoms with Crippen molar-refractivity contribution >= 4 is 65.6 Å². The third-order valence-electron chi connectivity index (χ3n) is 2.18. The Morgan fingerprint density at radius 1 is 1.14 bits per heavy atom. The molecule has 1 rings (SSSR count). The van der Waals surface area contributed by atoms with Gasteiger partial charge >= 0.3 is 0 Å². The predicted molar refractivity (Wildman–Crippen MR) is 92.3 cm³/mol. The van der Waals surface area contributed by atoms with Crippen LogP contribution in [-0.2, 0) is 9.59 Å². The van der Waals surface area contributed by atoms with Crippen molar-refractivity contribution in [3.05, 3.63) is 22.3 Å². The lowest BCUT2D eigenvalue weighted by molar-refractivity contribution is -0.125. The summed E-state index contributed by atoms with van der Waals surface area (Å²) < 4.78 is 0. The third-order valence-corrected chi connectivity index (χ3v) is 2.67. The van der Waals surface area contributed by atoms with E-state index in [4.69, 9.17) is 28.9 Å². The van der Waals surface area contributed by atoms with Gasteiger partial charge in [0.1, 0.15) is 5.82 Å². The average molecular weight is 393 g/mol. The van der Waals surface area contributed by atoms with Crippen LogP contribution in [0.15, 0.2) is 12.3 Å². The Morgan fingerprint density at radius 2 is 1.82 bits per heavy atom. The number of carbonyl (C=O) groups excluding carboxylic acids is 2. The van der Waals surface area contributed by atoms with E-state index in [0.29, 0.717) is 29.0 Å². The number of amides is 2. The summed E-state index contributed by atoms with van der Waals surface area (Å²) in [6, 6.07) is 1.57. The van der Waals surface area contributed by atoms with Crippen LogP contribution < -0.4 is 21.7 Å². The average Bonchev–Trinajstić information content (AvgIpc) is 2.42. The zero-order chi connectivity index (χ0) is 15.0. The SMILES string of the molecule is Cl.Cl.NCC(=O)NCC(=O)NCCNc1ncc(Cl)cc1Cl. The van der Waals surface area contributed by atoms with Gasteiger partial charge in [-0.25, -0.2) is 4.98 Å². The molecule has 7 nitrogen and oxygen atoms in total. The molecule has 0 radical (unpaired) electrons. The number of nitrogens with one attached hydrogen (secondary N) is 3. The Kier molecular flexibility index (Phi) is 13.3. The molecule has 0 bridgehead atoms. The van der Waals surface area contributed by atoms with Crippen molar-refractivity contribution in [2.24, 2.45) is 5.73 Å². The number of carbonyl (C=O) groups is 2. The molecular weight excluding hydrogens is 376 g/mol. The van der Waals surface area contributed by atoms with Crippen LogP contribution in [0.4, 0.5) is 5.82 Å². The van der Waals surface area contributed by atoms with Gasteiger partial charge in [0.25, 0.3) is 0 Å². The fraction of sp³-hybridized carbons (Fsp3) is 0.364. The van der Waals surface area contributed by atoms with Gasteiger partial charge in [-0.1, -0.05) is 23.2 Å². The molecule has 11 heteroatoms. The minimum atomic E-state index is -0.379. The highest BCUT2D eigenvalue weighted by Gasteiger charge is 2.04. The number of hydrogen-bond acceptors (Lipinski definition) is 5. The molecule has 0 unspecified atom stereocenters. The van der Waals surface area contributed by atoms with Gasteiger partial charge < -0.3 is 21.7 Å². The highest BCUT2D eigenvalue weighted by molar-refractivity contribution is 6.35. The van der Waals surface area contributed by atoms with Gasteiger partial charge in [0, 0.05) is 19.3 Å². The first-order chi connectivity index (χ1) is 9.52. The van der Waals surface area contributed by atoms with Crippen LogP contribution in [0.3, 0.4) is 0 Å². The summed E-state index contributed by atoms with van der Waals surface area (Å²) >= 11 is 11.6. The molecule has 1 aromatic rings. The van der Waals surface area contributed by atoms with Crippen molar-refractivity contribution in [2.45, 2.75) is 0 Å². The molecule has 1 heterocycles. The maximum absolute atomic E-state index is 11.3. The maximum Gasteiger partial charge on any atom is 0.239 e. The molecule has 0 saturated heterocycles. The first-order valence-electron chi connectivity index (χ1n) is 5.81. The van der Waals surface area contributed by atoms with Gasteiger partial charge in [0.2, 0.25) is 11.8 Å². The Hall–Kier alpha value is -0.990. The summed E-state index contributed by atoms with van der Waals surface area (Å²) in [6.07, 6.45) is 1.47. The van der Waals surface area contributed by atoms with Gasteiger partial charge in [-0.15, -0.1) is 24.8 Å². The minimum absolute atomic E-state index is 0. The van der Waals surface area contributed by atoms with Gasteiger partial charge in [-0.2, -0.15) is 0 Å². The molecule has 2 amide bonds. The van der Waals surface area contributed by atoms with Crippen LogP contribution in [0.1, 0.15) is 0 Å². The fourth-order valence-electron chi connectivity index (χ4n) is 1.24. The molecule has 0 saturated carbocycles. The van der Waals surface area contributed by atoms with Crippen LogP contribution in [0.2, 0.25) is 10.0 Å². The summed E-state index contributed by atoms with van der Waals surface area (Å²) in [5.41, 5.74) is 5.09. The third kappa shape index (κ3) is 9.11. The van der Waals surface area contributed by atoms with Crippen LogP contribution in [0, 0.1) is 0 Å². The first kappa shape index (κ1) is 23.3. The van der Waals surface area contributed by atoms with Crippen molar-refractivity contribution < 1.29 is 9.59 Å². The summed E-state index contributed by atoms with van der Waals surface area (Å²) in [5.74, 6) is -0.194. The molecular formula is C11H17Cl4N5O2.